The van der Waals surface area contributed by atoms with E-state index < -0.39 is 6.43 Å². The second-order valence-corrected chi connectivity index (χ2v) is 7.52. The fourth-order valence-electron chi connectivity index (χ4n) is 3.49. The summed E-state index contributed by atoms with van der Waals surface area (Å²) in [4.78, 5) is 12.7. The number of benzene rings is 1. The van der Waals surface area contributed by atoms with E-state index in [1.54, 1.807) is 38.1 Å². The van der Waals surface area contributed by atoms with Gasteiger partial charge in [-0.3, -0.25) is 4.98 Å². The summed E-state index contributed by atoms with van der Waals surface area (Å²) in [5.41, 5.74) is 9.09. The van der Waals surface area contributed by atoms with Crippen molar-refractivity contribution in [3.63, 3.8) is 0 Å². The Morgan fingerprint density at radius 2 is 1.97 bits per heavy atom. The second-order valence-electron chi connectivity index (χ2n) is 7.52. The number of nitrogens with one attached hydrogen (secondary N) is 2. The van der Waals surface area contributed by atoms with Gasteiger partial charge in [-0.25, -0.2) is 13.8 Å². The van der Waals surface area contributed by atoms with Crippen LogP contribution >= 0.6 is 0 Å². The Balaban J connectivity index is 0.00000222. The van der Waals surface area contributed by atoms with Crippen LogP contribution in [-0.2, 0) is 0 Å². The maximum Gasteiger partial charge on any atom is 0.280 e. The Labute approximate surface area is 209 Å². The zero-order chi connectivity index (χ0) is 26.7. The fraction of sp³-hybridized carbons (Fsp3) is 0.269. The van der Waals surface area contributed by atoms with Gasteiger partial charge in [0, 0.05) is 24.2 Å². The summed E-state index contributed by atoms with van der Waals surface area (Å²) < 4.78 is 33.1. The minimum atomic E-state index is -2.75. The van der Waals surface area contributed by atoms with Crippen LogP contribution in [0.3, 0.4) is 0 Å². The third-order valence-corrected chi connectivity index (χ3v) is 5.05. The van der Waals surface area contributed by atoms with Crippen molar-refractivity contribution in [2.24, 2.45) is 0 Å². The van der Waals surface area contributed by atoms with Gasteiger partial charge >= 0.3 is 0 Å². The zero-order valence-corrected chi connectivity index (χ0v) is 20.5. The number of halogens is 2. The summed E-state index contributed by atoms with van der Waals surface area (Å²) in [7, 11) is 0. The van der Waals surface area contributed by atoms with Crippen molar-refractivity contribution in [1.82, 2.24) is 20.3 Å². The first-order valence-electron chi connectivity index (χ1n) is 11.2. The van der Waals surface area contributed by atoms with Gasteiger partial charge in [-0.1, -0.05) is 18.2 Å². The van der Waals surface area contributed by atoms with Crippen LogP contribution in [0.2, 0.25) is 0 Å². The molecule has 0 amide bonds. The number of ether oxygens (including phenoxy) is 1. The molecule has 0 unspecified atom stereocenters. The summed E-state index contributed by atoms with van der Waals surface area (Å²) in [5.74, 6) is 0.144. The lowest BCUT2D eigenvalue weighted by Crippen LogP contribution is -2.08. The predicted octanol–water partition coefficient (Wildman–Crippen LogP) is 5.37. The van der Waals surface area contributed by atoms with Crippen LogP contribution in [0, 0.1) is 30.6 Å². The molecule has 0 saturated heterocycles. The lowest BCUT2D eigenvalue weighted by atomic mass is 9.94. The summed E-state index contributed by atoms with van der Waals surface area (Å²) in [6.07, 6.45) is 1.59. The van der Waals surface area contributed by atoms with Crippen LogP contribution in [0.1, 0.15) is 42.3 Å². The fourth-order valence-corrected chi connectivity index (χ4v) is 3.49. The monoisotopic (exact) mass is 493 g/mol. The molecule has 0 saturated carbocycles. The van der Waals surface area contributed by atoms with Gasteiger partial charge in [-0.2, -0.15) is 10.2 Å². The molecule has 0 aliphatic carbocycles. The van der Waals surface area contributed by atoms with E-state index in [1.165, 1.54) is 6.07 Å². The molecule has 0 spiro atoms. The molecule has 36 heavy (non-hydrogen) atoms. The number of alkyl halides is 2. The number of nitrogens with two attached hydrogens (primary N) is 1. The van der Waals surface area contributed by atoms with Gasteiger partial charge in [-0.15, -0.1) is 0 Å². The molecule has 3 rings (SSSR count). The van der Waals surface area contributed by atoms with E-state index in [9.17, 15) is 14.0 Å². The minimum Gasteiger partial charge on any atom is -0.477 e. The molecule has 2 heterocycles. The largest absolute Gasteiger partial charge is 0.477 e. The van der Waals surface area contributed by atoms with E-state index in [-0.39, 0.29) is 24.1 Å². The van der Waals surface area contributed by atoms with Crippen molar-refractivity contribution in [2.75, 3.05) is 18.9 Å². The molecule has 0 radical (unpaired) electrons. The van der Waals surface area contributed by atoms with Crippen molar-refractivity contribution in [1.29, 1.82) is 10.7 Å². The lowest BCUT2D eigenvalue weighted by Gasteiger charge is -2.17. The zero-order valence-electron chi connectivity index (χ0n) is 20.5. The van der Waals surface area contributed by atoms with Gasteiger partial charge in [0.05, 0.1) is 29.5 Å². The number of hydrogen-bond donors (Lipinski definition) is 3. The molecule has 3 aromatic rings. The highest BCUT2D eigenvalue weighted by Gasteiger charge is 2.22. The summed E-state index contributed by atoms with van der Waals surface area (Å²) in [6.45, 7) is 9.02. The average molecular weight is 494 g/mol. The van der Waals surface area contributed by atoms with Crippen molar-refractivity contribution >= 4 is 12.7 Å². The number of aryl methyl sites for hydroxylation is 1. The molecule has 1 aromatic carbocycles. The summed E-state index contributed by atoms with van der Waals surface area (Å²) in [5, 5.41) is 18.1. The molecule has 8 nitrogen and oxygen atoms in total. The van der Waals surface area contributed by atoms with Crippen LogP contribution in [-0.4, -0.2) is 34.8 Å². The summed E-state index contributed by atoms with van der Waals surface area (Å²) >= 11 is 0. The quantitative estimate of drug-likeness (QED) is 0.269. The Hall–Kier alpha value is -4.39. The average Bonchev–Trinajstić information content (AvgIpc) is 2.86. The number of anilines is 1. The molecule has 0 aliphatic rings. The van der Waals surface area contributed by atoms with Crippen LogP contribution in [0.25, 0.3) is 22.4 Å². The Morgan fingerprint density at radius 1 is 1.22 bits per heavy atom. The lowest BCUT2D eigenvalue weighted by molar-refractivity contribution is 0.146. The van der Waals surface area contributed by atoms with E-state index in [0.29, 0.717) is 45.6 Å². The smallest absolute Gasteiger partial charge is 0.280 e. The first kappa shape index (κ1) is 27.9. The number of hydrogen-bond acceptors (Lipinski definition) is 8. The molecule has 4 N–H and O–H groups in total. The molecule has 0 bridgehead atoms. The maximum atomic E-state index is 13.5. The minimum absolute atomic E-state index is 0.0291. The Morgan fingerprint density at radius 3 is 2.64 bits per heavy atom. The van der Waals surface area contributed by atoms with Crippen molar-refractivity contribution in [3.05, 3.63) is 65.1 Å². The van der Waals surface area contributed by atoms with E-state index in [4.69, 9.17) is 15.9 Å². The van der Waals surface area contributed by atoms with Crippen LogP contribution < -0.4 is 15.8 Å². The molecule has 188 valence electrons. The highest BCUT2D eigenvalue weighted by molar-refractivity contribution is 5.86. The number of nitrogen functional groups attached to an aromatic ring is 1. The molecular formula is C26H29F2N7O. The first-order chi connectivity index (χ1) is 17.3. The van der Waals surface area contributed by atoms with Gasteiger partial charge in [-0.05, 0) is 63.0 Å². The van der Waals surface area contributed by atoms with Gasteiger partial charge in [0.15, 0.2) is 0 Å². The molecule has 0 aliphatic heterocycles. The molecule has 10 heteroatoms. The molecule has 0 fully saturated rings. The number of nitrogens with zero attached hydrogens (tertiary/aromatic N) is 4. The van der Waals surface area contributed by atoms with E-state index in [1.807, 2.05) is 19.2 Å². The highest BCUT2D eigenvalue weighted by atomic mass is 19.3. The van der Waals surface area contributed by atoms with Crippen LogP contribution in [0.5, 0.6) is 5.88 Å². The highest BCUT2D eigenvalue weighted by Crippen LogP contribution is 2.40. The van der Waals surface area contributed by atoms with Gasteiger partial charge in [0.2, 0.25) is 11.8 Å². The van der Waals surface area contributed by atoms with E-state index >= 15 is 0 Å². The Kier molecular flexibility index (Phi) is 10.4. The summed E-state index contributed by atoms with van der Waals surface area (Å²) in [6, 6.07) is 10.4. The molecule has 0 atom stereocenters. The SMILES string of the molecule is C=N.CCN/C=C\CCOc1nc(N)nc(-c2cccc(C#N)c2C)c1-c1cc(C)nc(C(F)F)c1. The Bertz CT molecular complexity index is 1260. The van der Waals surface area contributed by atoms with Crippen molar-refractivity contribution < 1.29 is 13.5 Å². The third kappa shape index (κ3) is 6.82. The topological polar surface area (TPSA) is 134 Å². The van der Waals surface area contributed by atoms with Crippen LogP contribution in [0.15, 0.2) is 42.6 Å². The molecule has 2 aromatic heterocycles. The van der Waals surface area contributed by atoms with Crippen molar-refractivity contribution in [2.45, 2.75) is 33.6 Å². The van der Waals surface area contributed by atoms with Gasteiger partial charge in [0.25, 0.3) is 6.43 Å². The maximum absolute atomic E-state index is 13.5. The van der Waals surface area contributed by atoms with Crippen molar-refractivity contribution in [3.8, 4) is 34.3 Å². The first-order valence-corrected chi connectivity index (χ1v) is 11.2. The second kappa shape index (κ2) is 13.5. The predicted molar refractivity (Wildman–Crippen MR) is 137 cm³/mol. The normalized spacial score (nSPS) is 10.6. The van der Waals surface area contributed by atoms with E-state index in [2.05, 4.69) is 33.1 Å². The standard InChI is InChI=1S/C25H26F2N6O.CH3N/c1-4-30-10-5-6-11-34-24-21(18-12-15(2)31-20(13-18)23(26)27)22(32-25(29)33-24)19-9-7-8-17(14-28)16(19)3;1-2/h5,7-10,12-13,23,30H,4,6,11H2,1-3H3,(H2,29,32,33);2H,1H2/b10-5-;. The third-order valence-electron chi connectivity index (χ3n) is 5.05. The number of aromatic nitrogens is 3. The van der Waals surface area contributed by atoms with E-state index in [0.717, 1.165) is 6.54 Å². The molecular weight excluding hydrogens is 464 g/mol. The number of rotatable bonds is 9. The van der Waals surface area contributed by atoms with Gasteiger partial charge in [0.1, 0.15) is 5.69 Å². The van der Waals surface area contributed by atoms with Crippen LogP contribution in [0.4, 0.5) is 14.7 Å². The van der Waals surface area contributed by atoms with Gasteiger partial charge < -0.3 is 21.2 Å². The number of nitriles is 1. The number of pyridine rings is 1.